The Kier molecular flexibility index (Phi) is 5.31. The van der Waals surface area contributed by atoms with E-state index in [1.165, 1.54) is 12.1 Å². The van der Waals surface area contributed by atoms with Crippen LogP contribution in [0.5, 0.6) is 0 Å². The number of carbonyl (C=O) groups is 1. The summed E-state index contributed by atoms with van der Waals surface area (Å²) in [6.45, 7) is 1.77. The number of nitrogens with two attached hydrogens (primary N) is 1. The number of rotatable bonds is 4. The van der Waals surface area contributed by atoms with E-state index in [1.807, 2.05) is 6.07 Å². The van der Waals surface area contributed by atoms with Crippen LogP contribution in [0.4, 0.5) is 0 Å². The molecule has 0 aliphatic heterocycles. The SMILES string of the molecule is C[C@@H](NC(=O)c1ccc(Cl)c(S(N)(=O)=O)c1)c1ccccc1Cl. The Hall–Kier alpha value is -1.60. The second-order valence-electron chi connectivity index (χ2n) is 4.91. The highest BCUT2D eigenvalue weighted by Gasteiger charge is 2.18. The molecule has 0 aliphatic carbocycles. The average Bonchev–Trinajstić information content (AvgIpc) is 2.46. The number of amides is 1. The molecule has 122 valence electrons. The molecular formula is C15H14Cl2N2O3S. The second kappa shape index (κ2) is 6.88. The Labute approximate surface area is 144 Å². The molecule has 0 saturated carbocycles. The number of hydrogen-bond donors (Lipinski definition) is 2. The zero-order chi connectivity index (χ0) is 17.2. The third-order valence-corrected chi connectivity index (χ3v) is 4.96. The molecule has 0 radical (unpaired) electrons. The van der Waals surface area contributed by atoms with Gasteiger partial charge in [-0.3, -0.25) is 4.79 Å². The molecule has 0 fully saturated rings. The van der Waals surface area contributed by atoms with Crippen LogP contribution >= 0.6 is 23.2 Å². The number of nitrogens with one attached hydrogen (secondary N) is 1. The van der Waals surface area contributed by atoms with E-state index >= 15 is 0 Å². The predicted molar refractivity (Wildman–Crippen MR) is 90.2 cm³/mol. The Morgan fingerprint density at radius 3 is 2.39 bits per heavy atom. The fraction of sp³-hybridized carbons (Fsp3) is 0.133. The fourth-order valence-corrected chi connectivity index (χ4v) is 3.42. The first kappa shape index (κ1) is 17.7. The van der Waals surface area contributed by atoms with E-state index in [9.17, 15) is 13.2 Å². The van der Waals surface area contributed by atoms with Gasteiger partial charge in [-0.2, -0.15) is 0 Å². The van der Waals surface area contributed by atoms with Crippen molar-refractivity contribution in [2.75, 3.05) is 0 Å². The smallest absolute Gasteiger partial charge is 0.251 e. The maximum atomic E-state index is 12.3. The lowest BCUT2D eigenvalue weighted by atomic mass is 10.1. The van der Waals surface area contributed by atoms with Gasteiger partial charge in [-0.15, -0.1) is 0 Å². The molecule has 2 aromatic carbocycles. The highest BCUT2D eigenvalue weighted by atomic mass is 35.5. The van der Waals surface area contributed by atoms with Crippen LogP contribution in [0.15, 0.2) is 47.4 Å². The Morgan fingerprint density at radius 2 is 1.78 bits per heavy atom. The molecule has 3 N–H and O–H groups in total. The van der Waals surface area contributed by atoms with Crippen molar-refractivity contribution in [2.45, 2.75) is 17.9 Å². The van der Waals surface area contributed by atoms with Crippen molar-refractivity contribution < 1.29 is 13.2 Å². The first-order chi connectivity index (χ1) is 10.7. The van der Waals surface area contributed by atoms with Crippen LogP contribution in [0, 0.1) is 0 Å². The summed E-state index contributed by atoms with van der Waals surface area (Å²) < 4.78 is 22.9. The van der Waals surface area contributed by atoms with Crippen molar-refractivity contribution in [1.29, 1.82) is 0 Å². The van der Waals surface area contributed by atoms with Gasteiger partial charge in [0, 0.05) is 10.6 Å². The van der Waals surface area contributed by atoms with Gasteiger partial charge in [0.15, 0.2) is 0 Å². The minimum Gasteiger partial charge on any atom is -0.345 e. The van der Waals surface area contributed by atoms with Crippen LogP contribution in [-0.4, -0.2) is 14.3 Å². The van der Waals surface area contributed by atoms with Crippen LogP contribution < -0.4 is 10.5 Å². The standard InChI is InChI=1S/C15H14Cl2N2O3S/c1-9(11-4-2-3-5-12(11)16)19-15(20)10-6-7-13(17)14(8-10)23(18,21)22/h2-9H,1H3,(H,19,20)(H2,18,21,22)/t9-/m1/s1. The van der Waals surface area contributed by atoms with Crippen molar-refractivity contribution in [2.24, 2.45) is 5.14 Å². The van der Waals surface area contributed by atoms with E-state index in [2.05, 4.69) is 5.32 Å². The normalized spacial score (nSPS) is 12.7. The summed E-state index contributed by atoms with van der Waals surface area (Å²) in [5, 5.41) is 8.32. The third-order valence-electron chi connectivity index (χ3n) is 3.22. The molecule has 2 aromatic rings. The maximum Gasteiger partial charge on any atom is 0.251 e. The van der Waals surface area contributed by atoms with E-state index in [-0.39, 0.29) is 21.5 Å². The van der Waals surface area contributed by atoms with E-state index in [1.54, 1.807) is 25.1 Å². The van der Waals surface area contributed by atoms with Gasteiger partial charge >= 0.3 is 0 Å². The lowest BCUT2D eigenvalue weighted by Gasteiger charge is -2.16. The quantitative estimate of drug-likeness (QED) is 0.863. The van der Waals surface area contributed by atoms with Gasteiger partial charge in [0.25, 0.3) is 5.91 Å². The molecule has 0 saturated heterocycles. The Balaban J connectivity index is 2.27. The summed E-state index contributed by atoms with van der Waals surface area (Å²) in [6, 6.07) is 10.6. The molecule has 5 nitrogen and oxygen atoms in total. The summed E-state index contributed by atoms with van der Waals surface area (Å²) >= 11 is 11.9. The molecule has 8 heteroatoms. The monoisotopic (exact) mass is 372 g/mol. The van der Waals surface area contributed by atoms with Crippen molar-refractivity contribution in [3.05, 3.63) is 63.6 Å². The number of primary sulfonamides is 1. The summed E-state index contributed by atoms with van der Waals surface area (Å²) in [5.74, 6) is -0.459. The molecule has 1 atom stereocenters. The van der Waals surface area contributed by atoms with Crippen LogP contribution in [0.1, 0.15) is 28.9 Å². The summed E-state index contributed by atoms with van der Waals surface area (Å²) in [6.07, 6.45) is 0. The van der Waals surface area contributed by atoms with E-state index in [4.69, 9.17) is 28.3 Å². The number of hydrogen-bond acceptors (Lipinski definition) is 3. The molecule has 0 aromatic heterocycles. The molecule has 0 aliphatic rings. The van der Waals surface area contributed by atoms with Gasteiger partial charge < -0.3 is 5.32 Å². The molecular weight excluding hydrogens is 359 g/mol. The molecule has 0 unspecified atom stereocenters. The number of benzene rings is 2. The largest absolute Gasteiger partial charge is 0.345 e. The minimum absolute atomic E-state index is 0.0387. The van der Waals surface area contributed by atoms with Gasteiger partial charge in [-0.05, 0) is 36.8 Å². The highest BCUT2D eigenvalue weighted by Crippen LogP contribution is 2.24. The number of carbonyl (C=O) groups excluding carboxylic acids is 1. The van der Waals surface area contributed by atoms with Gasteiger partial charge in [0.1, 0.15) is 4.90 Å². The topological polar surface area (TPSA) is 89.3 Å². The highest BCUT2D eigenvalue weighted by molar-refractivity contribution is 7.89. The van der Waals surface area contributed by atoms with Crippen molar-refractivity contribution >= 4 is 39.1 Å². The van der Waals surface area contributed by atoms with E-state index < -0.39 is 15.9 Å². The Bertz CT molecular complexity index is 854. The number of halogens is 2. The predicted octanol–water partition coefficient (Wildman–Crippen LogP) is 3.13. The van der Waals surface area contributed by atoms with Gasteiger partial charge in [-0.25, -0.2) is 13.6 Å². The van der Waals surface area contributed by atoms with Gasteiger partial charge in [-0.1, -0.05) is 41.4 Å². The van der Waals surface area contributed by atoms with Crippen molar-refractivity contribution in [1.82, 2.24) is 5.32 Å². The summed E-state index contributed by atoms with van der Waals surface area (Å²) in [5.41, 5.74) is 0.889. The zero-order valence-electron chi connectivity index (χ0n) is 12.1. The fourth-order valence-electron chi connectivity index (χ4n) is 2.05. The summed E-state index contributed by atoms with van der Waals surface area (Å²) in [4.78, 5) is 12.0. The van der Waals surface area contributed by atoms with Gasteiger partial charge in [0.05, 0.1) is 11.1 Å². The lowest BCUT2D eigenvalue weighted by Crippen LogP contribution is -2.27. The second-order valence-corrected chi connectivity index (χ2v) is 7.25. The van der Waals surface area contributed by atoms with Crippen molar-refractivity contribution in [3.63, 3.8) is 0 Å². The van der Waals surface area contributed by atoms with Gasteiger partial charge in [0.2, 0.25) is 10.0 Å². The molecule has 23 heavy (non-hydrogen) atoms. The third kappa shape index (κ3) is 4.23. The molecule has 0 bridgehead atoms. The molecule has 2 rings (SSSR count). The maximum absolute atomic E-state index is 12.3. The molecule has 1 amide bonds. The average molecular weight is 373 g/mol. The molecule has 0 spiro atoms. The first-order valence-corrected chi connectivity index (χ1v) is 8.88. The Morgan fingerprint density at radius 1 is 1.13 bits per heavy atom. The first-order valence-electron chi connectivity index (χ1n) is 6.58. The summed E-state index contributed by atoms with van der Waals surface area (Å²) in [7, 11) is -4.01. The lowest BCUT2D eigenvalue weighted by molar-refractivity contribution is 0.0939. The van der Waals surface area contributed by atoms with Crippen LogP contribution in [0.25, 0.3) is 0 Å². The van der Waals surface area contributed by atoms with Crippen LogP contribution in [-0.2, 0) is 10.0 Å². The number of sulfonamides is 1. The zero-order valence-corrected chi connectivity index (χ0v) is 14.4. The van der Waals surface area contributed by atoms with E-state index in [0.29, 0.717) is 5.02 Å². The van der Waals surface area contributed by atoms with Crippen LogP contribution in [0.3, 0.4) is 0 Å². The minimum atomic E-state index is -4.01. The molecule has 0 heterocycles. The van der Waals surface area contributed by atoms with Crippen LogP contribution in [0.2, 0.25) is 10.0 Å². The van der Waals surface area contributed by atoms with E-state index in [0.717, 1.165) is 11.6 Å². The van der Waals surface area contributed by atoms with Crippen molar-refractivity contribution in [3.8, 4) is 0 Å².